The van der Waals surface area contributed by atoms with Crippen molar-refractivity contribution in [1.29, 1.82) is 0 Å². The predicted octanol–water partition coefficient (Wildman–Crippen LogP) is 6.22. The SMILES string of the molecule is C[C@]12CCC(=O)NC1CC[C@@H]1[C@H]2CC[C@]2(C)C(C(=O)N[C@H](Cc3ccccc3)c3ccccc3)CC[C@@H]12. The fourth-order valence-corrected chi connectivity index (χ4v) is 9.19. The van der Waals surface area contributed by atoms with Crippen LogP contribution in [0, 0.1) is 34.5 Å². The normalized spacial score (nSPS) is 37.5. The first kappa shape index (κ1) is 24.7. The van der Waals surface area contributed by atoms with Gasteiger partial charge in [-0.15, -0.1) is 0 Å². The number of nitrogens with one attached hydrogen (secondary N) is 2. The lowest BCUT2D eigenvalue weighted by atomic mass is 9.47. The average Bonchev–Trinajstić information content (AvgIpc) is 3.27. The van der Waals surface area contributed by atoms with Crippen LogP contribution in [0.15, 0.2) is 60.7 Å². The summed E-state index contributed by atoms with van der Waals surface area (Å²) in [7, 11) is 0. The van der Waals surface area contributed by atoms with Crippen molar-refractivity contribution in [2.75, 3.05) is 0 Å². The number of amides is 2. The minimum absolute atomic E-state index is 0.0183. The van der Waals surface area contributed by atoms with E-state index in [0.717, 1.165) is 38.5 Å². The Morgan fingerprint density at radius 1 is 0.892 bits per heavy atom. The molecule has 4 aliphatic rings. The summed E-state index contributed by atoms with van der Waals surface area (Å²) in [5.41, 5.74) is 2.71. The van der Waals surface area contributed by atoms with Crippen LogP contribution in [-0.2, 0) is 16.0 Å². The van der Waals surface area contributed by atoms with E-state index in [1.54, 1.807) is 0 Å². The van der Waals surface area contributed by atoms with Crippen molar-refractivity contribution in [1.82, 2.24) is 10.6 Å². The molecule has 1 aliphatic heterocycles. The summed E-state index contributed by atoms with van der Waals surface area (Å²) in [5, 5.41) is 6.87. The Kier molecular flexibility index (Phi) is 6.41. The summed E-state index contributed by atoms with van der Waals surface area (Å²) < 4.78 is 0. The van der Waals surface area contributed by atoms with Crippen LogP contribution >= 0.6 is 0 Å². The van der Waals surface area contributed by atoms with Crippen LogP contribution in [0.25, 0.3) is 0 Å². The van der Waals surface area contributed by atoms with Gasteiger partial charge in [0.05, 0.1) is 6.04 Å². The number of fused-ring (bicyclic) bond motifs is 5. The summed E-state index contributed by atoms with van der Waals surface area (Å²) in [6, 6.07) is 21.3. The molecule has 0 bridgehead atoms. The first-order valence-corrected chi connectivity index (χ1v) is 14.6. The first-order chi connectivity index (χ1) is 17.9. The highest BCUT2D eigenvalue weighted by atomic mass is 16.2. The van der Waals surface area contributed by atoms with Gasteiger partial charge in [-0.1, -0.05) is 74.5 Å². The van der Waals surface area contributed by atoms with Gasteiger partial charge >= 0.3 is 0 Å². The molecule has 2 unspecified atom stereocenters. The van der Waals surface area contributed by atoms with E-state index in [4.69, 9.17) is 0 Å². The molecule has 4 nitrogen and oxygen atoms in total. The molecule has 4 fully saturated rings. The minimum atomic E-state index is -0.0183. The van der Waals surface area contributed by atoms with Crippen LogP contribution in [0.4, 0.5) is 0 Å². The maximum atomic E-state index is 14.0. The van der Waals surface area contributed by atoms with Crippen molar-refractivity contribution in [3.63, 3.8) is 0 Å². The lowest BCUT2D eigenvalue weighted by molar-refractivity contribution is -0.142. The zero-order chi connectivity index (χ0) is 25.6. The number of hydrogen-bond acceptors (Lipinski definition) is 2. The molecule has 1 saturated heterocycles. The summed E-state index contributed by atoms with van der Waals surface area (Å²) >= 11 is 0. The van der Waals surface area contributed by atoms with Gasteiger partial charge in [-0.2, -0.15) is 0 Å². The molecule has 1 heterocycles. The van der Waals surface area contributed by atoms with Gasteiger partial charge < -0.3 is 10.6 Å². The quantitative estimate of drug-likeness (QED) is 0.514. The van der Waals surface area contributed by atoms with Crippen LogP contribution in [0.1, 0.15) is 82.4 Å². The van der Waals surface area contributed by atoms with Gasteiger partial charge in [0.25, 0.3) is 0 Å². The predicted molar refractivity (Wildman–Crippen MR) is 147 cm³/mol. The van der Waals surface area contributed by atoms with Gasteiger partial charge in [-0.3, -0.25) is 9.59 Å². The molecule has 2 aromatic carbocycles. The lowest BCUT2D eigenvalue weighted by Crippen LogP contribution is -2.61. The standard InChI is InChI=1S/C33H42N2O2/c1-32-19-17-26-24(13-16-29-33(26,2)20-18-30(36)35-29)25(32)14-15-27(32)31(37)34-28(23-11-7-4-8-12-23)21-22-9-5-3-6-10-22/h3-12,24-29H,13-21H2,1-2H3,(H,34,37)(H,35,36)/t24-,25-,26+,27?,28+,29?,32-,33+/m0/s1. The van der Waals surface area contributed by atoms with Crippen molar-refractivity contribution in [3.05, 3.63) is 71.8 Å². The van der Waals surface area contributed by atoms with Crippen LogP contribution in [-0.4, -0.2) is 17.9 Å². The molecule has 0 radical (unpaired) electrons. The van der Waals surface area contributed by atoms with Gasteiger partial charge in [0.1, 0.15) is 0 Å². The van der Waals surface area contributed by atoms with E-state index in [9.17, 15) is 9.59 Å². The van der Waals surface area contributed by atoms with Crippen molar-refractivity contribution >= 4 is 11.8 Å². The van der Waals surface area contributed by atoms with Gasteiger partial charge in [-0.05, 0) is 91.1 Å². The van der Waals surface area contributed by atoms with E-state index >= 15 is 0 Å². The molecule has 0 aromatic heterocycles. The number of hydrogen-bond donors (Lipinski definition) is 2. The van der Waals surface area contributed by atoms with Crippen LogP contribution in [0.2, 0.25) is 0 Å². The monoisotopic (exact) mass is 498 g/mol. The summed E-state index contributed by atoms with van der Waals surface area (Å²) in [6.07, 6.45) is 9.28. The third-order valence-corrected chi connectivity index (χ3v) is 11.2. The molecular weight excluding hydrogens is 456 g/mol. The van der Waals surface area contributed by atoms with Gasteiger partial charge in [0.15, 0.2) is 0 Å². The van der Waals surface area contributed by atoms with Crippen LogP contribution in [0.5, 0.6) is 0 Å². The highest BCUT2D eigenvalue weighted by molar-refractivity contribution is 5.80. The fraction of sp³-hybridized carbons (Fsp3) is 0.576. The van der Waals surface area contributed by atoms with Gasteiger partial charge in [0, 0.05) is 18.4 Å². The molecule has 6 rings (SSSR count). The number of benzene rings is 2. The summed E-state index contributed by atoms with van der Waals surface area (Å²) in [5.74, 6) is 2.53. The second-order valence-corrected chi connectivity index (χ2v) is 12.9. The topological polar surface area (TPSA) is 58.2 Å². The number of rotatable bonds is 5. The second-order valence-electron chi connectivity index (χ2n) is 12.9. The Hall–Kier alpha value is -2.62. The van der Waals surface area contributed by atoms with Gasteiger partial charge in [0.2, 0.25) is 11.8 Å². The van der Waals surface area contributed by atoms with Crippen LogP contribution < -0.4 is 10.6 Å². The third-order valence-electron chi connectivity index (χ3n) is 11.2. The molecule has 2 amide bonds. The maximum Gasteiger partial charge on any atom is 0.224 e. The Bertz CT molecular complexity index is 1130. The van der Waals surface area contributed by atoms with E-state index in [2.05, 4.69) is 73.0 Å². The smallest absolute Gasteiger partial charge is 0.224 e. The van der Waals surface area contributed by atoms with Crippen molar-refractivity contribution in [2.45, 2.75) is 83.7 Å². The Morgan fingerprint density at radius 2 is 1.59 bits per heavy atom. The minimum Gasteiger partial charge on any atom is -0.353 e. The van der Waals surface area contributed by atoms with E-state index in [1.807, 2.05) is 12.1 Å². The fourth-order valence-electron chi connectivity index (χ4n) is 9.19. The van der Waals surface area contributed by atoms with Gasteiger partial charge in [-0.25, -0.2) is 0 Å². The van der Waals surface area contributed by atoms with E-state index in [0.29, 0.717) is 30.2 Å². The maximum absolute atomic E-state index is 14.0. The molecule has 0 spiro atoms. The summed E-state index contributed by atoms with van der Waals surface area (Å²) in [6.45, 7) is 4.88. The zero-order valence-electron chi connectivity index (χ0n) is 22.4. The van der Waals surface area contributed by atoms with Crippen molar-refractivity contribution < 1.29 is 9.59 Å². The first-order valence-electron chi connectivity index (χ1n) is 14.6. The third kappa shape index (κ3) is 4.30. The van der Waals surface area contributed by atoms with E-state index < -0.39 is 0 Å². The number of carbonyl (C=O) groups is 2. The number of piperidine rings is 1. The van der Waals surface area contributed by atoms with Crippen LogP contribution in [0.3, 0.4) is 0 Å². The van der Waals surface area contributed by atoms with Crippen molar-refractivity contribution in [2.24, 2.45) is 34.5 Å². The Balaban J connectivity index is 1.20. The molecule has 37 heavy (non-hydrogen) atoms. The molecule has 8 atom stereocenters. The van der Waals surface area contributed by atoms with E-state index in [-0.39, 0.29) is 34.6 Å². The highest BCUT2D eigenvalue weighted by Gasteiger charge is 2.61. The molecule has 2 aromatic rings. The second kappa shape index (κ2) is 9.60. The summed E-state index contributed by atoms with van der Waals surface area (Å²) in [4.78, 5) is 26.1. The van der Waals surface area contributed by atoms with Crippen molar-refractivity contribution in [3.8, 4) is 0 Å². The zero-order valence-corrected chi connectivity index (χ0v) is 22.4. The average molecular weight is 499 g/mol. The molecule has 4 heteroatoms. The largest absolute Gasteiger partial charge is 0.353 e. The molecule has 3 saturated carbocycles. The Morgan fingerprint density at radius 3 is 2.35 bits per heavy atom. The number of carbonyl (C=O) groups excluding carboxylic acids is 2. The Labute approximate surface area is 222 Å². The molecule has 196 valence electrons. The molecule has 2 N–H and O–H groups in total. The highest BCUT2D eigenvalue weighted by Crippen LogP contribution is 2.65. The lowest BCUT2D eigenvalue weighted by Gasteiger charge is -2.60. The van der Waals surface area contributed by atoms with E-state index in [1.165, 1.54) is 24.0 Å². The molecule has 3 aliphatic carbocycles. The molecular formula is C33H42N2O2.